The molecule has 0 unspecified atom stereocenters. The predicted octanol–water partition coefficient (Wildman–Crippen LogP) is 3.71. The first-order valence-electron chi connectivity index (χ1n) is 8.89. The third kappa shape index (κ3) is 4.40. The second-order valence-electron chi connectivity index (χ2n) is 6.61. The number of ether oxygens (including phenoxy) is 1. The Bertz CT molecular complexity index is 702. The zero-order valence-electron chi connectivity index (χ0n) is 14.9. The lowest BCUT2D eigenvalue weighted by Gasteiger charge is -2.25. The van der Waals surface area contributed by atoms with Gasteiger partial charge >= 0.3 is 0 Å². The Morgan fingerprint density at radius 3 is 2.80 bits per heavy atom. The van der Waals surface area contributed by atoms with Crippen LogP contribution in [0.3, 0.4) is 0 Å². The van der Waals surface area contributed by atoms with Gasteiger partial charge in [-0.2, -0.15) is 0 Å². The van der Waals surface area contributed by atoms with E-state index in [1.165, 1.54) is 5.56 Å². The summed E-state index contributed by atoms with van der Waals surface area (Å²) in [5.74, 6) is 0.942. The SMILES string of the molecule is COc1cccc([C@H]2CCCN2CC(=O)N[C@@H](C)c2ccccc2)c1. The molecule has 0 spiro atoms. The topological polar surface area (TPSA) is 41.6 Å². The smallest absolute Gasteiger partial charge is 0.234 e. The Labute approximate surface area is 149 Å². The number of carbonyl (C=O) groups is 1. The number of methoxy groups -OCH3 is 1. The van der Waals surface area contributed by atoms with Crippen LogP contribution in [0.15, 0.2) is 54.6 Å². The summed E-state index contributed by atoms with van der Waals surface area (Å²) in [6, 6.07) is 18.5. The minimum absolute atomic E-state index is 0.0200. The van der Waals surface area contributed by atoms with Crippen molar-refractivity contribution in [3.63, 3.8) is 0 Å². The van der Waals surface area contributed by atoms with E-state index in [1.807, 2.05) is 49.4 Å². The van der Waals surface area contributed by atoms with Crippen LogP contribution < -0.4 is 10.1 Å². The molecule has 2 atom stereocenters. The Hall–Kier alpha value is -2.33. The van der Waals surface area contributed by atoms with Crippen molar-refractivity contribution in [2.75, 3.05) is 20.2 Å². The molecule has 0 saturated carbocycles. The summed E-state index contributed by atoms with van der Waals surface area (Å²) in [5, 5.41) is 3.11. The van der Waals surface area contributed by atoms with Gasteiger partial charge in [-0.3, -0.25) is 9.69 Å². The first kappa shape index (κ1) is 17.5. The highest BCUT2D eigenvalue weighted by Crippen LogP contribution is 2.33. The molecule has 1 aliphatic rings. The molecule has 1 heterocycles. The van der Waals surface area contributed by atoms with Crippen molar-refractivity contribution in [2.24, 2.45) is 0 Å². The zero-order chi connectivity index (χ0) is 17.6. The molecule has 1 saturated heterocycles. The Morgan fingerprint density at radius 1 is 1.24 bits per heavy atom. The van der Waals surface area contributed by atoms with Crippen LogP contribution in [0.5, 0.6) is 5.75 Å². The molecule has 0 radical (unpaired) electrons. The lowest BCUT2D eigenvalue weighted by Crippen LogP contribution is -2.38. The van der Waals surface area contributed by atoms with Crippen LogP contribution in [0, 0.1) is 0 Å². The first-order chi connectivity index (χ1) is 12.2. The zero-order valence-corrected chi connectivity index (χ0v) is 14.9. The molecule has 3 rings (SSSR count). The van der Waals surface area contributed by atoms with Crippen LogP contribution in [0.25, 0.3) is 0 Å². The van der Waals surface area contributed by atoms with Crippen molar-refractivity contribution in [2.45, 2.75) is 31.8 Å². The maximum Gasteiger partial charge on any atom is 0.234 e. The van der Waals surface area contributed by atoms with Crippen molar-refractivity contribution in [1.82, 2.24) is 10.2 Å². The number of nitrogens with zero attached hydrogens (tertiary/aromatic N) is 1. The van der Waals surface area contributed by atoms with Crippen LogP contribution in [0.1, 0.15) is 43.0 Å². The Morgan fingerprint density at radius 2 is 2.04 bits per heavy atom. The van der Waals surface area contributed by atoms with Gasteiger partial charge in [-0.15, -0.1) is 0 Å². The van der Waals surface area contributed by atoms with Crippen molar-refractivity contribution in [1.29, 1.82) is 0 Å². The van der Waals surface area contributed by atoms with E-state index >= 15 is 0 Å². The molecule has 132 valence electrons. The van der Waals surface area contributed by atoms with E-state index < -0.39 is 0 Å². The number of rotatable bonds is 6. The number of likely N-dealkylation sites (tertiary alicyclic amines) is 1. The van der Waals surface area contributed by atoms with E-state index in [0.29, 0.717) is 6.54 Å². The molecule has 1 N–H and O–H groups in total. The standard InChI is InChI=1S/C21H26N2O2/c1-16(17-8-4-3-5-9-17)22-21(24)15-23-13-7-12-20(23)18-10-6-11-19(14-18)25-2/h3-6,8-11,14,16,20H,7,12-13,15H2,1-2H3,(H,22,24)/t16-,20+/m0/s1. The van der Waals surface area contributed by atoms with Crippen LogP contribution in [-0.2, 0) is 4.79 Å². The van der Waals surface area contributed by atoms with Gasteiger partial charge in [0.2, 0.25) is 5.91 Å². The van der Waals surface area contributed by atoms with E-state index in [2.05, 4.69) is 22.3 Å². The van der Waals surface area contributed by atoms with Gasteiger partial charge in [-0.05, 0) is 49.6 Å². The highest BCUT2D eigenvalue weighted by molar-refractivity contribution is 5.78. The minimum Gasteiger partial charge on any atom is -0.497 e. The third-order valence-corrected chi connectivity index (χ3v) is 4.87. The highest BCUT2D eigenvalue weighted by Gasteiger charge is 2.28. The molecule has 2 aromatic carbocycles. The Balaban J connectivity index is 1.62. The van der Waals surface area contributed by atoms with Gasteiger partial charge in [-0.1, -0.05) is 42.5 Å². The summed E-state index contributed by atoms with van der Waals surface area (Å²) in [6.45, 7) is 3.41. The van der Waals surface area contributed by atoms with Gasteiger partial charge in [0.25, 0.3) is 0 Å². The van der Waals surface area contributed by atoms with E-state index in [9.17, 15) is 4.79 Å². The fourth-order valence-electron chi connectivity index (χ4n) is 3.54. The second-order valence-corrected chi connectivity index (χ2v) is 6.61. The molecule has 1 fully saturated rings. The van der Waals surface area contributed by atoms with Crippen molar-refractivity contribution < 1.29 is 9.53 Å². The van der Waals surface area contributed by atoms with Gasteiger partial charge in [0.1, 0.15) is 5.75 Å². The molecule has 0 aromatic heterocycles. The minimum atomic E-state index is 0.0200. The first-order valence-corrected chi connectivity index (χ1v) is 8.89. The lowest BCUT2D eigenvalue weighted by atomic mass is 10.0. The lowest BCUT2D eigenvalue weighted by molar-refractivity contribution is -0.123. The van der Waals surface area contributed by atoms with Gasteiger partial charge in [0.15, 0.2) is 0 Å². The number of hydrogen-bond donors (Lipinski definition) is 1. The van der Waals surface area contributed by atoms with Crippen molar-refractivity contribution in [3.05, 3.63) is 65.7 Å². The third-order valence-electron chi connectivity index (χ3n) is 4.87. The fourth-order valence-corrected chi connectivity index (χ4v) is 3.54. The summed E-state index contributed by atoms with van der Waals surface area (Å²) in [4.78, 5) is 14.8. The number of carbonyl (C=O) groups excluding carboxylic acids is 1. The average Bonchev–Trinajstić information content (AvgIpc) is 3.10. The quantitative estimate of drug-likeness (QED) is 0.873. The molecule has 1 aliphatic heterocycles. The van der Waals surface area contributed by atoms with Gasteiger partial charge in [-0.25, -0.2) is 0 Å². The monoisotopic (exact) mass is 338 g/mol. The highest BCUT2D eigenvalue weighted by atomic mass is 16.5. The van der Waals surface area contributed by atoms with E-state index in [4.69, 9.17) is 4.74 Å². The molecule has 0 aliphatic carbocycles. The number of amides is 1. The van der Waals surface area contributed by atoms with E-state index in [-0.39, 0.29) is 18.0 Å². The molecular formula is C21H26N2O2. The summed E-state index contributed by atoms with van der Waals surface area (Å²) in [5.41, 5.74) is 2.35. The molecule has 1 amide bonds. The van der Waals surface area contributed by atoms with Crippen LogP contribution in [-0.4, -0.2) is 31.0 Å². The van der Waals surface area contributed by atoms with E-state index in [1.54, 1.807) is 7.11 Å². The second kappa shape index (κ2) is 8.17. The summed E-state index contributed by atoms with van der Waals surface area (Å²) in [7, 11) is 1.68. The van der Waals surface area contributed by atoms with Gasteiger partial charge < -0.3 is 10.1 Å². The Kier molecular flexibility index (Phi) is 5.71. The number of hydrogen-bond acceptors (Lipinski definition) is 3. The van der Waals surface area contributed by atoms with Crippen molar-refractivity contribution >= 4 is 5.91 Å². The molecular weight excluding hydrogens is 312 g/mol. The maximum absolute atomic E-state index is 12.5. The molecule has 2 aromatic rings. The predicted molar refractivity (Wildman–Crippen MR) is 99.5 cm³/mol. The fraction of sp³-hybridized carbons (Fsp3) is 0.381. The van der Waals surface area contributed by atoms with E-state index in [0.717, 1.165) is 30.7 Å². The van der Waals surface area contributed by atoms with Crippen LogP contribution >= 0.6 is 0 Å². The normalized spacial score (nSPS) is 18.7. The number of nitrogens with one attached hydrogen (secondary N) is 1. The van der Waals surface area contributed by atoms with Crippen molar-refractivity contribution in [3.8, 4) is 5.75 Å². The molecule has 4 nitrogen and oxygen atoms in total. The van der Waals surface area contributed by atoms with Crippen LogP contribution in [0.4, 0.5) is 0 Å². The molecule has 25 heavy (non-hydrogen) atoms. The average molecular weight is 338 g/mol. The van der Waals surface area contributed by atoms with Gasteiger partial charge in [0, 0.05) is 6.04 Å². The maximum atomic E-state index is 12.5. The van der Waals surface area contributed by atoms with Gasteiger partial charge in [0.05, 0.1) is 19.7 Å². The van der Waals surface area contributed by atoms with Crippen LogP contribution in [0.2, 0.25) is 0 Å². The largest absolute Gasteiger partial charge is 0.497 e. The summed E-state index contributed by atoms with van der Waals surface area (Å²) in [6.07, 6.45) is 2.19. The molecule has 0 bridgehead atoms. The summed E-state index contributed by atoms with van der Waals surface area (Å²) >= 11 is 0. The summed E-state index contributed by atoms with van der Waals surface area (Å²) < 4.78 is 5.33. The molecule has 4 heteroatoms. The number of benzene rings is 2.